The number of ether oxygens (including phenoxy) is 2. The molecule has 0 saturated carbocycles. The van der Waals surface area contributed by atoms with Crippen molar-refractivity contribution in [2.45, 2.75) is 38.0 Å². The highest BCUT2D eigenvalue weighted by Gasteiger charge is 2.43. The van der Waals surface area contributed by atoms with Crippen LogP contribution >= 0.6 is 0 Å². The van der Waals surface area contributed by atoms with Gasteiger partial charge in [-0.3, -0.25) is 24.6 Å². The van der Waals surface area contributed by atoms with Crippen LogP contribution in [-0.4, -0.2) is 97.1 Å². The van der Waals surface area contributed by atoms with Crippen LogP contribution < -0.4 is 10.1 Å². The van der Waals surface area contributed by atoms with Gasteiger partial charge in [-0.15, -0.1) is 0 Å². The maximum atomic E-state index is 13.7. The zero-order chi connectivity index (χ0) is 27.8. The average molecular weight is 540 g/mol. The number of methoxy groups -OCH3 is 2. The molecule has 11 heteroatoms. The summed E-state index contributed by atoms with van der Waals surface area (Å²) < 4.78 is 10.6. The number of carbonyl (C=O) groups excluding carboxylic acids is 2. The van der Waals surface area contributed by atoms with Crippen molar-refractivity contribution in [3.05, 3.63) is 69.8 Å². The quantitative estimate of drug-likeness (QED) is 0.360. The Kier molecular flexibility index (Phi) is 9.85. The lowest BCUT2D eigenvalue weighted by molar-refractivity contribution is -0.384. The second-order valence-electron chi connectivity index (χ2n) is 9.99. The molecule has 210 valence electrons. The molecule has 2 aliphatic heterocycles. The molecule has 2 aliphatic rings. The standard InChI is InChI=1S/C28H37N5O6/c1-38-20-27(34)32-19-24(16-26(32)28(35)30-13-4-11-29-12-14-30)31(18-22-5-3-6-25(15-22)39-2)17-21-7-9-23(10-8-21)33(36)37/h3,5-10,15,24,26,29H,4,11-14,16-20H2,1-2H3. The van der Waals surface area contributed by atoms with Gasteiger partial charge in [0.05, 0.1) is 12.0 Å². The number of benzene rings is 2. The van der Waals surface area contributed by atoms with Crippen molar-refractivity contribution in [2.75, 3.05) is 53.6 Å². The molecule has 0 spiro atoms. The molecule has 2 heterocycles. The number of non-ortho nitro benzene ring substituents is 1. The third-order valence-electron chi connectivity index (χ3n) is 7.37. The number of hydrogen-bond acceptors (Lipinski definition) is 8. The predicted molar refractivity (Wildman–Crippen MR) is 145 cm³/mol. The summed E-state index contributed by atoms with van der Waals surface area (Å²) in [5.41, 5.74) is 1.97. The van der Waals surface area contributed by atoms with E-state index in [4.69, 9.17) is 9.47 Å². The van der Waals surface area contributed by atoms with E-state index in [-0.39, 0.29) is 30.2 Å². The largest absolute Gasteiger partial charge is 0.497 e. The predicted octanol–water partition coefficient (Wildman–Crippen LogP) is 2.04. The van der Waals surface area contributed by atoms with Gasteiger partial charge in [0.1, 0.15) is 18.4 Å². The van der Waals surface area contributed by atoms with Gasteiger partial charge in [0.2, 0.25) is 11.8 Å². The van der Waals surface area contributed by atoms with Crippen LogP contribution in [0.1, 0.15) is 24.0 Å². The summed E-state index contributed by atoms with van der Waals surface area (Å²) in [6, 6.07) is 13.6. The van der Waals surface area contributed by atoms with Crippen molar-refractivity contribution in [3.8, 4) is 5.75 Å². The second kappa shape index (κ2) is 13.5. The fourth-order valence-corrected chi connectivity index (χ4v) is 5.35. The molecule has 39 heavy (non-hydrogen) atoms. The average Bonchev–Trinajstić information content (AvgIpc) is 3.21. The zero-order valence-electron chi connectivity index (χ0n) is 22.6. The van der Waals surface area contributed by atoms with Crippen LogP contribution in [-0.2, 0) is 27.4 Å². The van der Waals surface area contributed by atoms with E-state index in [0.29, 0.717) is 39.1 Å². The molecule has 2 amide bonds. The number of rotatable bonds is 10. The maximum Gasteiger partial charge on any atom is 0.269 e. The molecule has 0 bridgehead atoms. The van der Waals surface area contributed by atoms with E-state index < -0.39 is 11.0 Å². The molecule has 2 aromatic rings. The summed E-state index contributed by atoms with van der Waals surface area (Å²) in [6.07, 6.45) is 1.37. The summed E-state index contributed by atoms with van der Waals surface area (Å²) in [5.74, 6) is 0.513. The normalized spacial score (nSPS) is 19.7. The Morgan fingerprint density at radius 2 is 1.85 bits per heavy atom. The number of nitro benzene ring substituents is 1. The van der Waals surface area contributed by atoms with Gasteiger partial charge in [-0.1, -0.05) is 24.3 Å². The van der Waals surface area contributed by atoms with E-state index in [2.05, 4.69) is 10.2 Å². The molecule has 2 saturated heterocycles. The first-order chi connectivity index (χ1) is 18.9. The molecule has 11 nitrogen and oxygen atoms in total. The van der Waals surface area contributed by atoms with Crippen molar-refractivity contribution >= 4 is 17.5 Å². The topological polar surface area (TPSA) is 117 Å². The minimum Gasteiger partial charge on any atom is -0.497 e. The number of nitro groups is 1. The fourth-order valence-electron chi connectivity index (χ4n) is 5.35. The molecule has 4 rings (SSSR count). The van der Waals surface area contributed by atoms with E-state index in [0.717, 1.165) is 36.4 Å². The van der Waals surface area contributed by atoms with E-state index >= 15 is 0 Å². The van der Waals surface area contributed by atoms with Crippen LogP contribution in [0, 0.1) is 10.1 Å². The van der Waals surface area contributed by atoms with Crippen molar-refractivity contribution in [3.63, 3.8) is 0 Å². The Bertz CT molecular complexity index is 1140. The van der Waals surface area contributed by atoms with Crippen molar-refractivity contribution in [1.29, 1.82) is 0 Å². The number of likely N-dealkylation sites (tertiary alicyclic amines) is 1. The molecule has 2 atom stereocenters. The van der Waals surface area contributed by atoms with E-state index in [1.807, 2.05) is 29.2 Å². The Balaban J connectivity index is 1.61. The minimum atomic E-state index is -0.569. The van der Waals surface area contributed by atoms with Gasteiger partial charge in [0.15, 0.2) is 0 Å². The molecule has 1 N–H and O–H groups in total. The van der Waals surface area contributed by atoms with Gasteiger partial charge < -0.3 is 24.6 Å². The van der Waals surface area contributed by atoms with Crippen LogP contribution in [0.15, 0.2) is 48.5 Å². The molecule has 0 aliphatic carbocycles. The third-order valence-corrected chi connectivity index (χ3v) is 7.37. The Labute approximate surface area is 228 Å². The minimum absolute atomic E-state index is 0.0256. The van der Waals surface area contributed by atoms with Crippen LogP contribution in [0.3, 0.4) is 0 Å². The first kappa shape index (κ1) is 28.5. The highest BCUT2D eigenvalue weighted by molar-refractivity contribution is 5.89. The van der Waals surface area contributed by atoms with Crippen molar-refractivity contribution in [2.24, 2.45) is 0 Å². The number of nitrogens with zero attached hydrogens (tertiary/aromatic N) is 4. The number of hydrogen-bond donors (Lipinski definition) is 1. The van der Waals surface area contributed by atoms with Gasteiger partial charge in [-0.05, 0) is 42.6 Å². The maximum absolute atomic E-state index is 13.7. The Morgan fingerprint density at radius 3 is 2.56 bits per heavy atom. The van der Waals surface area contributed by atoms with Crippen molar-refractivity contribution < 1.29 is 24.0 Å². The lowest BCUT2D eigenvalue weighted by Crippen LogP contribution is -2.49. The van der Waals surface area contributed by atoms with Gasteiger partial charge >= 0.3 is 0 Å². The highest BCUT2D eigenvalue weighted by atomic mass is 16.6. The zero-order valence-corrected chi connectivity index (χ0v) is 22.6. The van der Waals surface area contributed by atoms with Gasteiger partial charge in [-0.2, -0.15) is 0 Å². The SMILES string of the molecule is COCC(=O)N1CC(N(Cc2ccc([N+](=O)[O-])cc2)Cc2cccc(OC)c2)CC1C(=O)N1CCCNCC1. The lowest BCUT2D eigenvalue weighted by Gasteiger charge is -2.29. The Hall–Kier alpha value is -3.54. The van der Waals surface area contributed by atoms with Gasteiger partial charge in [0.25, 0.3) is 5.69 Å². The molecule has 0 radical (unpaired) electrons. The molecular formula is C28H37N5O6. The summed E-state index contributed by atoms with van der Waals surface area (Å²) in [5, 5.41) is 14.5. The van der Waals surface area contributed by atoms with E-state index in [1.165, 1.54) is 19.2 Å². The Morgan fingerprint density at radius 1 is 1.08 bits per heavy atom. The first-order valence-electron chi connectivity index (χ1n) is 13.3. The number of nitrogens with one attached hydrogen (secondary N) is 1. The highest BCUT2D eigenvalue weighted by Crippen LogP contribution is 2.28. The van der Waals surface area contributed by atoms with E-state index in [9.17, 15) is 19.7 Å². The molecule has 2 aromatic carbocycles. The summed E-state index contributed by atoms with van der Waals surface area (Å²) >= 11 is 0. The second-order valence-corrected chi connectivity index (χ2v) is 9.99. The number of amides is 2. The van der Waals surface area contributed by atoms with E-state index in [1.54, 1.807) is 24.1 Å². The molecular weight excluding hydrogens is 502 g/mol. The lowest BCUT2D eigenvalue weighted by atomic mass is 10.1. The van der Waals surface area contributed by atoms with Crippen LogP contribution in [0.2, 0.25) is 0 Å². The monoisotopic (exact) mass is 539 g/mol. The van der Waals surface area contributed by atoms with Crippen molar-refractivity contribution in [1.82, 2.24) is 20.0 Å². The summed E-state index contributed by atoms with van der Waals surface area (Å²) in [6.45, 7) is 4.24. The molecule has 2 unspecified atom stereocenters. The van der Waals surface area contributed by atoms with Crippen LogP contribution in [0.4, 0.5) is 5.69 Å². The summed E-state index contributed by atoms with van der Waals surface area (Å²) in [7, 11) is 3.10. The van der Waals surface area contributed by atoms with Gasteiger partial charge in [-0.25, -0.2) is 0 Å². The van der Waals surface area contributed by atoms with Crippen LogP contribution in [0.5, 0.6) is 5.75 Å². The molecule has 0 aromatic heterocycles. The van der Waals surface area contributed by atoms with Crippen LogP contribution in [0.25, 0.3) is 0 Å². The third kappa shape index (κ3) is 7.31. The summed E-state index contributed by atoms with van der Waals surface area (Å²) in [4.78, 5) is 43.3. The first-order valence-corrected chi connectivity index (χ1v) is 13.3. The smallest absolute Gasteiger partial charge is 0.269 e. The number of carbonyl (C=O) groups is 2. The van der Waals surface area contributed by atoms with Gasteiger partial charge in [0, 0.05) is 64.6 Å². The fraction of sp³-hybridized carbons (Fsp3) is 0.500. The molecule has 2 fully saturated rings.